The summed E-state index contributed by atoms with van der Waals surface area (Å²) in [5, 5.41) is -1.34. The summed E-state index contributed by atoms with van der Waals surface area (Å²) < 4.78 is 13.3. The van der Waals surface area contributed by atoms with Crippen LogP contribution in [0.2, 0.25) is 0 Å². The van der Waals surface area contributed by atoms with E-state index in [1.165, 1.54) is 6.42 Å². The first-order valence-corrected chi connectivity index (χ1v) is 4.35. The largest absolute Gasteiger partial charge is 0.225 e. The number of rotatable bonds is 0. The monoisotopic (exact) mass is 162 g/mol. The predicted molar refractivity (Wildman–Crippen MR) is 39.8 cm³/mol. The Morgan fingerprint density at radius 2 is 2.20 bits per heavy atom. The van der Waals surface area contributed by atoms with E-state index in [0.717, 1.165) is 19.3 Å². The molecule has 0 aromatic carbocycles. The molecule has 0 spiro atoms. The van der Waals surface area contributed by atoms with Gasteiger partial charge in [-0.15, -0.1) is 0 Å². The van der Waals surface area contributed by atoms with E-state index in [1.54, 1.807) is 0 Å². The van der Waals surface area contributed by atoms with Gasteiger partial charge in [-0.25, -0.2) is 4.39 Å². The number of hydrogen-bond donors (Lipinski definition) is 0. The molecule has 0 heterocycles. The lowest BCUT2D eigenvalue weighted by molar-refractivity contribution is 0.311. The summed E-state index contributed by atoms with van der Waals surface area (Å²) in [4.78, 5) is 0. The standard InChI is InChI=1S/C8H12ClF/c1-7-5-3-2-4-6(7)8(7,9)10/h6H,2-5H2,1H3/t6-,7+,8-/m0/s1. The number of hydrogen-bond acceptors (Lipinski definition) is 0. The minimum Gasteiger partial charge on any atom is -0.225 e. The Labute approximate surface area is 65.8 Å². The molecule has 2 rings (SSSR count). The van der Waals surface area contributed by atoms with Gasteiger partial charge in [-0.2, -0.15) is 0 Å². The summed E-state index contributed by atoms with van der Waals surface area (Å²) in [7, 11) is 0. The first-order valence-electron chi connectivity index (χ1n) is 3.97. The summed E-state index contributed by atoms with van der Waals surface area (Å²) in [6, 6.07) is 0. The van der Waals surface area contributed by atoms with E-state index in [2.05, 4.69) is 0 Å². The molecule has 2 aliphatic rings. The van der Waals surface area contributed by atoms with Crippen molar-refractivity contribution in [2.75, 3.05) is 0 Å². The molecule has 0 unspecified atom stereocenters. The van der Waals surface area contributed by atoms with Crippen LogP contribution in [0.5, 0.6) is 0 Å². The average molecular weight is 163 g/mol. The molecule has 2 fully saturated rings. The van der Waals surface area contributed by atoms with Crippen LogP contribution in [0.1, 0.15) is 32.6 Å². The molecule has 0 N–H and O–H groups in total. The van der Waals surface area contributed by atoms with Crippen molar-refractivity contribution in [1.29, 1.82) is 0 Å². The fourth-order valence-electron chi connectivity index (χ4n) is 2.36. The third-order valence-electron chi connectivity index (χ3n) is 3.32. The zero-order valence-corrected chi connectivity index (χ0v) is 6.92. The van der Waals surface area contributed by atoms with Crippen molar-refractivity contribution >= 4 is 11.6 Å². The van der Waals surface area contributed by atoms with Crippen LogP contribution in [0.25, 0.3) is 0 Å². The van der Waals surface area contributed by atoms with Crippen molar-refractivity contribution in [2.24, 2.45) is 11.3 Å². The van der Waals surface area contributed by atoms with Gasteiger partial charge in [0.25, 0.3) is 0 Å². The van der Waals surface area contributed by atoms with E-state index in [4.69, 9.17) is 11.6 Å². The summed E-state index contributed by atoms with van der Waals surface area (Å²) in [6.07, 6.45) is 4.30. The van der Waals surface area contributed by atoms with Gasteiger partial charge in [0, 0.05) is 11.3 Å². The summed E-state index contributed by atoms with van der Waals surface area (Å²) >= 11 is 5.69. The molecule has 0 nitrogen and oxygen atoms in total. The molecule has 2 saturated carbocycles. The molecule has 0 aromatic rings. The van der Waals surface area contributed by atoms with Gasteiger partial charge in [0.05, 0.1) is 0 Å². The van der Waals surface area contributed by atoms with Gasteiger partial charge in [-0.1, -0.05) is 31.4 Å². The molecular weight excluding hydrogens is 151 g/mol. The lowest BCUT2D eigenvalue weighted by Crippen LogP contribution is -2.06. The first kappa shape index (κ1) is 6.90. The Hall–Kier alpha value is 0.220. The van der Waals surface area contributed by atoms with Crippen molar-refractivity contribution in [3.8, 4) is 0 Å². The van der Waals surface area contributed by atoms with Crippen LogP contribution in [0.3, 0.4) is 0 Å². The van der Waals surface area contributed by atoms with Crippen LogP contribution < -0.4 is 0 Å². The molecule has 0 bridgehead atoms. The average Bonchev–Trinajstić information content (AvgIpc) is 2.30. The molecule has 0 aliphatic heterocycles. The molecule has 2 heteroatoms. The lowest BCUT2D eigenvalue weighted by Gasteiger charge is -2.14. The second-order valence-corrected chi connectivity index (χ2v) is 4.39. The maximum absolute atomic E-state index is 13.3. The minimum atomic E-state index is -1.34. The van der Waals surface area contributed by atoms with E-state index in [0.29, 0.717) is 0 Å². The molecule has 3 atom stereocenters. The van der Waals surface area contributed by atoms with Crippen molar-refractivity contribution in [3.63, 3.8) is 0 Å². The van der Waals surface area contributed by atoms with Crippen molar-refractivity contribution in [2.45, 2.75) is 37.7 Å². The Morgan fingerprint density at radius 3 is 2.60 bits per heavy atom. The summed E-state index contributed by atoms with van der Waals surface area (Å²) in [5.41, 5.74) is -0.160. The smallest absolute Gasteiger partial charge is 0.192 e. The fourth-order valence-corrected chi connectivity index (χ4v) is 2.88. The summed E-state index contributed by atoms with van der Waals surface area (Å²) in [5.74, 6) is 0.162. The van der Waals surface area contributed by atoms with Crippen LogP contribution in [-0.2, 0) is 0 Å². The van der Waals surface area contributed by atoms with Gasteiger partial charge in [0.2, 0.25) is 0 Å². The van der Waals surface area contributed by atoms with Gasteiger partial charge in [0.15, 0.2) is 5.13 Å². The molecule has 0 amide bonds. The molecule has 2 aliphatic carbocycles. The maximum Gasteiger partial charge on any atom is 0.192 e. The fraction of sp³-hybridized carbons (Fsp3) is 1.00. The third-order valence-corrected chi connectivity index (χ3v) is 4.02. The van der Waals surface area contributed by atoms with Gasteiger partial charge in [0.1, 0.15) is 0 Å². The highest BCUT2D eigenvalue weighted by Crippen LogP contribution is 2.73. The van der Waals surface area contributed by atoms with Crippen LogP contribution in [0, 0.1) is 11.3 Å². The number of alkyl halides is 2. The second kappa shape index (κ2) is 1.69. The van der Waals surface area contributed by atoms with Crippen molar-refractivity contribution in [1.82, 2.24) is 0 Å². The highest BCUT2D eigenvalue weighted by Gasteiger charge is 2.74. The topological polar surface area (TPSA) is 0 Å². The van der Waals surface area contributed by atoms with E-state index < -0.39 is 5.13 Å². The molecule has 0 radical (unpaired) electrons. The molecule has 58 valence electrons. The molecule has 0 saturated heterocycles. The Balaban J connectivity index is 2.20. The molecule has 10 heavy (non-hydrogen) atoms. The number of halogens is 2. The normalized spacial score (nSPS) is 59.7. The Kier molecular flexibility index (Phi) is 1.16. The molecular formula is C8H12ClF. The second-order valence-electron chi connectivity index (χ2n) is 3.84. The van der Waals surface area contributed by atoms with E-state index in [-0.39, 0.29) is 11.3 Å². The van der Waals surface area contributed by atoms with Crippen LogP contribution in [0.15, 0.2) is 0 Å². The summed E-state index contributed by atoms with van der Waals surface area (Å²) in [6.45, 7) is 1.98. The third kappa shape index (κ3) is 0.578. The van der Waals surface area contributed by atoms with Gasteiger partial charge in [-0.05, 0) is 12.8 Å². The quantitative estimate of drug-likeness (QED) is 0.481. The van der Waals surface area contributed by atoms with Crippen LogP contribution in [-0.4, -0.2) is 5.13 Å². The van der Waals surface area contributed by atoms with E-state index in [1.807, 2.05) is 6.92 Å². The maximum atomic E-state index is 13.3. The Bertz CT molecular complexity index is 167. The van der Waals surface area contributed by atoms with Crippen LogP contribution >= 0.6 is 11.6 Å². The highest BCUT2D eigenvalue weighted by molar-refractivity contribution is 6.26. The highest BCUT2D eigenvalue weighted by atomic mass is 35.5. The number of fused-ring (bicyclic) bond motifs is 1. The lowest BCUT2D eigenvalue weighted by atomic mass is 9.90. The van der Waals surface area contributed by atoms with E-state index in [9.17, 15) is 4.39 Å². The van der Waals surface area contributed by atoms with Crippen LogP contribution in [0.4, 0.5) is 4.39 Å². The Morgan fingerprint density at radius 1 is 1.50 bits per heavy atom. The first-order chi connectivity index (χ1) is 4.59. The van der Waals surface area contributed by atoms with Crippen molar-refractivity contribution in [3.05, 3.63) is 0 Å². The minimum absolute atomic E-state index is 0.160. The van der Waals surface area contributed by atoms with Gasteiger partial charge >= 0.3 is 0 Å². The zero-order chi connectivity index (χ0) is 7.41. The SMILES string of the molecule is C[C@@]12CCCC[C@@H]1[C@@]2(F)Cl. The van der Waals surface area contributed by atoms with E-state index >= 15 is 0 Å². The van der Waals surface area contributed by atoms with Crippen molar-refractivity contribution < 1.29 is 4.39 Å². The van der Waals surface area contributed by atoms with Gasteiger partial charge in [-0.3, -0.25) is 0 Å². The zero-order valence-electron chi connectivity index (χ0n) is 6.16. The molecule has 0 aromatic heterocycles. The predicted octanol–water partition coefficient (Wildman–Crippen LogP) is 3.10. The van der Waals surface area contributed by atoms with Gasteiger partial charge < -0.3 is 0 Å².